The van der Waals surface area contributed by atoms with Gasteiger partial charge in [-0.1, -0.05) is 60.1 Å². The zero-order chi connectivity index (χ0) is 21.1. The highest BCUT2D eigenvalue weighted by atomic mass is 35.5. The fourth-order valence-corrected chi connectivity index (χ4v) is 4.84. The van der Waals surface area contributed by atoms with Crippen molar-refractivity contribution in [2.75, 3.05) is 11.1 Å². The number of benzene rings is 3. The van der Waals surface area contributed by atoms with Crippen molar-refractivity contribution in [3.8, 4) is 0 Å². The molecule has 0 unspecified atom stereocenters. The summed E-state index contributed by atoms with van der Waals surface area (Å²) in [5.41, 5.74) is 2.34. The maximum Gasteiger partial charge on any atom is 0.239 e. The Kier molecular flexibility index (Phi) is 5.61. The lowest BCUT2D eigenvalue weighted by molar-refractivity contribution is -0.113. The summed E-state index contributed by atoms with van der Waals surface area (Å²) in [6.07, 6.45) is 1.60. The summed E-state index contributed by atoms with van der Waals surface area (Å²) in [6, 6.07) is 23.5. The van der Waals surface area contributed by atoms with Crippen LogP contribution in [-0.2, 0) is 21.2 Å². The Balaban J connectivity index is 1.64. The van der Waals surface area contributed by atoms with E-state index in [1.807, 2.05) is 34.9 Å². The number of carbonyl (C=O) groups excluding carboxylic acids is 1. The molecule has 0 fully saturated rings. The molecule has 3 aromatic carbocycles. The molecule has 4 aromatic rings. The fraction of sp³-hybridized carbons (Fsp3) is 0.0870. The van der Waals surface area contributed by atoms with Crippen molar-refractivity contribution in [1.82, 2.24) is 4.57 Å². The van der Waals surface area contributed by atoms with Gasteiger partial charge in [-0.2, -0.15) is 0 Å². The summed E-state index contributed by atoms with van der Waals surface area (Å²) in [4.78, 5) is 12.5. The molecule has 0 saturated carbocycles. The Labute approximate surface area is 179 Å². The number of anilines is 1. The van der Waals surface area contributed by atoms with Gasteiger partial charge in [0.05, 0.1) is 4.90 Å². The Morgan fingerprint density at radius 2 is 1.57 bits per heavy atom. The van der Waals surface area contributed by atoms with Crippen molar-refractivity contribution >= 4 is 43.9 Å². The summed E-state index contributed by atoms with van der Waals surface area (Å²) in [5.74, 6) is -1.20. The van der Waals surface area contributed by atoms with Crippen LogP contribution < -0.4 is 5.32 Å². The van der Waals surface area contributed by atoms with Gasteiger partial charge in [0, 0.05) is 34.4 Å². The Morgan fingerprint density at radius 3 is 2.30 bits per heavy atom. The molecule has 30 heavy (non-hydrogen) atoms. The van der Waals surface area contributed by atoms with E-state index in [9.17, 15) is 13.2 Å². The van der Waals surface area contributed by atoms with E-state index < -0.39 is 21.5 Å². The third kappa shape index (κ3) is 4.40. The van der Waals surface area contributed by atoms with Gasteiger partial charge in [-0.3, -0.25) is 4.79 Å². The number of amides is 1. The zero-order valence-electron chi connectivity index (χ0n) is 16.0. The first-order valence-corrected chi connectivity index (χ1v) is 11.4. The van der Waals surface area contributed by atoms with Crippen LogP contribution >= 0.6 is 11.6 Å². The van der Waals surface area contributed by atoms with Gasteiger partial charge in [0.25, 0.3) is 0 Å². The normalized spacial score (nSPS) is 11.5. The highest BCUT2D eigenvalue weighted by molar-refractivity contribution is 7.92. The SMILES string of the molecule is O=C(CS(=O)(=O)c1cn(Cc2ccc(Cl)cc2)c2ccccc12)Nc1ccccc1. The second-order valence-corrected chi connectivity index (χ2v) is 9.33. The zero-order valence-corrected chi connectivity index (χ0v) is 17.5. The molecule has 0 bridgehead atoms. The number of para-hydroxylation sites is 2. The minimum atomic E-state index is -3.84. The summed E-state index contributed by atoms with van der Waals surface area (Å²) < 4.78 is 28.0. The standard InChI is InChI=1S/C23H19ClN2O3S/c24-18-12-10-17(11-13-18)14-26-15-22(20-8-4-5-9-21(20)26)30(28,29)16-23(27)25-19-6-2-1-3-7-19/h1-13,15H,14,16H2,(H,25,27). The highest BCUT2D eigenvalue weighted by Crippen LogP contribution is 2.27. The number of nitrogens with one attached hydrogen (secondary N) is 1. The van der Waals surface area contributed by atoms with E-state index >= 15 is 0 Å². The van der Waals surface area contributed by atoms with Crippen molar-refractivity contribution in [2.45, 2.75) is 11.4 Å². The molecule has 0 spiro atoms. The third-order valence-electron chi connectivity index (χ3n) is 4.73. The largest absolute Gasteiger partial charge is 0.342 e. The second kappa shape index (κ2) is 8.34. The van der Waals surface area contributed by atoms with Gasteiger partial charge in [0.15, 0.2) is 9.84 Å². The first kappa shape index (κ1) is 20.2. The topological polar surface area (TPSA) is 68.2 Å². The molecule has 0 aliphatic heterocycles. The summed E-state index contributed by atoms with van der Waals surface area (Å²) in [6.45, 7) is 0.489. The van der Waals surface area contributed by atoms with E-state index in [-0.39, 0.29) is 4.90 Å². The number of carbonyl (C=O) groups is 1. The molecule has 0 saturated heterocycles. The van der Waals surface area contributed by atoms with Crippen LogP contribution in [-0.4, -0.2) is 24.6 Å². The Morgan fingerprint density at radius 1 is 0.900 bits per heavy atom. The molecule has 0 atom stereocenters. The minimum Gasteiger partial charge on any atom is -0.342 e. The number of rotatable bonds is 6. The molecule has 7 heteroatoms. The van der Waals surface area contributed by atoms with E-state index in [4.69, 9.17) is 11.6 Å². The van der Waals surface area contributed by atoms with Crippen LogP contribution in [0.25, 0.3) is 10.9 Å². The predicted octanol–water partition coefficient (Wildman–Crippen LogP) is 4.76. The lowest BCUT2D eigenvalue weighted by Crippen LogP contribution is -2.22. The molecule has 4 rings (SSSR count). The first-order valence-electron chi connectivity index (χ1n) is 9.32. The van der Waals surface area contributed by atoms with E-state index in [1.165, 1.54) is 0 Å². The van der Waals surface area contributed by atoms with Crippen molar-refractivity contribution in [3.63, 3.8) is 0 Å². The first-order chi connectivity index (χ1) is 14.4. The van der Waals surface area contributed by atoms with Gasteiger partial charge in [-0.05, 0) is 35.9 Å². The molecule has 0 aliphatic carbocycles. The molecule has 0 aliphatic rings. The molecular formula is C23H19ClN2O3S. The van der Waals surface area contributed by atoms with Gasteiger partial charge in [0.2, 0.25) is 5.91 Å². The van der Waals surface area contributed by atoms with Gasteiger partial charge in [0.1, 0.15) is 5.75 Å². The molecule has 152 valence electrons. The summed E-state index contributed by atoms with van der Waals surface area (Å²) in [5, 5.41) is 3.87. The minimum absolute atomic E-state index is 0.148. The summed E-state index contributed by atoms with van der Waals surface area (Å²) in [7, 11) is -3.84. The van der Waals surface area contributed by atoms with Crippen molar-refractivity contribution in [1.29, 1.82) is 0 Å². The number of hydrogen-bond acceptors (Lipinski definition) is 3. The average molecular weight is 439 g/mol. The predicted molar refractivity (Wildman–Crippen MR) is 120 cm³/mol. The van der Waals surface area contributed by atoms with E-state index in [1.54, 1.807) is 54.7 Å². The molecular weight excluding hydrogens is 420 g/mol. The van der Waals surface area contributed by atoms with Crippen LogP contribution in [0.1, 0.15) is 5.56 Å². The van der Waals surface area contributed by atoms with Gasteiger partial charge < -0.3 is 9.88 Å². The molecule has 1 N–H and O–H groups in total. The van der Waals surface area contributed by atoms with E-state index in [0.717, 1.165) is 11.1 Å². The maximum absolute atomic E-state index is 13.1. The van der Waals surface area contributed by atoms with Crippen molar-refractivity contribution in [3.05, 3.63) is 95.6 Å². The lowest BCUT2D eigenvalue weighted by atomic mass is 10.2. The molecule has 1 heterocycles. The summed E-state index contributed by atoms with van der Waals surface area (Å²) >= 11 is 5.96. The number of sulfone groups is 1. The van der Waals surface area contributed by atoms with Gasteiger partial charge >= 0.3 is 0 Å². The molecule has 0 radical (unpaired) electrons. The monoisotopic (exact) mass is 438 g/mol. The van der Waals surface area contributed by atoms with Crippen LogP contribution in [0.5, 0.6) is 0 Å². The number of nitrogens with zero attached hydrogens (tertiary/aromatic N) is 1. The third-order valence-corrected chi connectivity index (χ3v) is 6.62. The molecule has 1 aromatic heterocycles. The van der Waals surface area contributed by atoms with Crippen LogP contribution in [0.4, 0.5) is 5.69 Å². The molecule has 1 amide bonds. The lowest BCUT2D eigenvalue weighted by Gasteiger charge is -2.06. The smallest absolute Gasteiger partial charge is 0.239 e. The van der Waals surface area contributed by atoms with E-state index in [2.05, 4.69) is 5.32 Å². The van der Waals surface area contributed by atoms with Crippen LogP contribution in [0, 0.1) is 0 Å². The van der Waals surface area contributed by atoms with Crippen molar-refractivity contribution < 1.29 is 13.2 Å². The van der Waals surface area contributed by atoms with Crippen molar-refractivity contribution in [2.24, 2.45) is 0 Å². The quantitative estimate of drug-likeness (QED) is 0.472. The number of halogens is 1. The number of fused-ring (bicyclic) bond motifs is 1. The van der Waals surface area contributed by atoms with E-state index in [0.29, 0.717) is 22.6 Å². The average Bonchev–Trinajstić information content (AvgIpc) is 3.10. The Hall–Kier alpha value is -3.09. The Bertz CT molecular complexity index is 1300. The number of aromatic nitrogens is 1. The fourth-order valence-electron chi connectivity index (χ4n) is 3.35. The van der Waals surface area contributed by atoms with Gasteiger partial charge in [-0.25, -0.2) is 8.42 Å². The second-order valence-electron chi connectivity index (χ2n) is 6.94. The van der Waals surface area contributed by atoms with Crippen LogP contribution in [0.3, 0.4) is 0 Å². The van der Waals surface area contributed by atoms with Crippen LogP contribution in [0.2, 0.25) is 5.02 Å². The highest BCUT2D eigenvalue weighted by Gasteiger charge is 2.24. The maximum atomic E-state index is 13.1. The number of hydrogen-bond donors (Lipinski definition) is 1. The van der Waals surface area contributed by atoms with Crippen LogP contribution in [0.15, 0.2) is 90.0 Å². The van der Waals surface area contributed by atoms with Gasteiger partial charge in [-0.15, -0.1) is 0 Å². The molecule has 5 nitrogen and oxygen atoms in total.